The Balaban J connectivity index is 2.35. The number of hydrogen-bond donors (Lipinski definition) is 0. The smallest absolute Gasteiger partial charge is 0.182 e. The van der Waals surface area contributed by atoms with Crippen LogP contribution in [0.3, 0.4) is 0 Å². The van der Waals surface area contributed by atoms with Crippen LogP contribution in [0, 0.1) is 0 Å². The Labute approximate surface area is 105 Å². The van der Waals surface area contributed by atoms with Crippen LogP contribution in [-0.2, 0) is 9.84 Å². The zero-order chi connectivity index (χ0) is 11.6. The van der Waals surface area contributed by atoms with E-state index < -0.39 is 9.84 Å². The molecule has 1 fully saturated rings. The monoisotopic (exact) mass is 302 g/mol. The second-order valence-corrected chi connectivity index (χ2v) is 7.29. The molecule has 0 N–H and O–H groups in total. The molecule has 0 aromatic heterocycles. The minimum absolute atomic E-state index is 0.181. The van der Waals surface area contributed by atoms with Crippen LogP contribution in [0.5, 0.6) is 0 Å². The Morgan fingerprint density at radius 2 is 1.69 bits per heavy atom. The first kappa shape index (κ1) is 12.1. The average Bonchev–Trinajstić information content (AvgIpc) is 2.30. The molecular formula is C12H15BrO2S. The van der Waals surface area contributed by atoms with Crippen molar-refractivity contribution in [2.24, 2.45) is 0 Å². The lowest BCUT2D eigenvalue weighted by molar-refractivity contribution is 0.483. The summed E-state index contributed by atoms with van der Waals surface area (Å²) >= 11 is 3.32. The van der Waals surface area contributed by atoms with Crippen molar-refractivity contribution < 1.29 is 8.42 Å². The molecule has 0 amide bonds. The van der Waals surface area contributed by atoms with E-state index in [2.05, 4.69) is 15.9 Å². The van der Waals surface area contributed by atoms with Gasteiger partial charge < -0.3 is 0 Å². The van der Waals surface area contributed by atoms with Crippen molar-refractivity contribution in [1.82, 2.24) is 0 Å². The zero-order valence-corrected chi connectivity index (χ0v) is 11.4. The van der Waals surface area contributed by atoms with Crippen molar-refractivity contribution in [3.8, 4) is 0 Å². The average molecular weight is 303 g/mol. The Bertz CT molecular complexity index is 462. The highest BCUT2D eigenvalue weighted by atomic mass is 79.9. The lowest BCUT2D eigenvalue weighted by Gasteiger charge is -2.22. The predicted molar refractivity (Wildman–Crippen MR) is 68.2 cm³/mol. The third-order valence-electron chi connectivity index (χ3n) is 3.13. The summed E-state index contributed by atoms with van der Waals surface area (Å²) in [5.74, 6) is 0. The van der Waals surface area contributed by atoms with Gasteiger partial charge in [0.15, 0.2) is 9.84 Å². The molecule has 2 nitrogen and oxygen atoms in total. The molecule has 16 heavy (non-hydrogen) atoms. The van der Waals surface area contributed by atoms with E-state index in [1.165, 1.54) is 6.42 Å². The van der Waals surface area contributed by atoms with Crippen molar-refractivity contribution >= 4 is 25.8 Å². The molecule has 4 heteroatoms. The minimum Gasteiger partial charge on any atom is -0.223 e. The molecule has 1 aliphatic carbocycles. The van der Waals surface area contributed by atoms with Crippen molar-refractivity contribution in [1.29, 1.82) is 0 Å². The summed E-state index contributed by atoms with van der Waals surface area (Å²) < 4.78 is 25.4. The van der Waals surface area contributed by atoms with Crippen LogP contribution in [0.4, 0.5) is 0 Å². The summed E-state index contributed by atoms with van der Waals surface area (Å²) in [7, 11) is -3.14. The van der Waals surface area contributed by atoms with Gasteiger partial charge in [0.05, 0.1) is 10.1 Å². The molecule has 0 heterocycles. The van der Waals surface area contributed by atoms with Gasteiger partial charge in [-0.05, 0) is 40.9 Å². The molecule has 0 atom stereocenters. The first-order valence-electron chi connectivity index (χ1n) is 5.61. The van der Waals surface area contributed by atoms with E-state index in [1.54, 1.807) is 18.2 Å². The van der Waals surface area contributed by atoms with Crippen LogP contribution in [0.1, 0.15) is 32.1 Å². The summed E-state index contributed by atoms with van der Waals surface area (Å²) in [5.41, 5.74) is 0. The molecular weight excluding hydrogens is 288 g/mol. The topological polar surface area (TPSA) is 34.1 Å². The quantitative estimate of drug-likeness (QED) is 0.837. The van der Waals surface area contributed by atoms with Crippen molar-refractivity contribution in [2.45, 2.75) is 42.2 Å². The van der Waals surface area contributed by atoms with Gasteiger partial charge in [-0.15, -0.1) is 0 Å². The summed E-state index contributed by atoms with van der Waals surface area (Å²) in [6.07, 6.45) is 4.86. The van der Waals surface area contributed by atoms with E-state index in [0.29, 0.717) is 9.37 Å². The molecule has 0 spiro atoms. The Hall–Kier alpha value is -0.350. The van der Waals surface area contributed by atoms with Gasteiger partial charge in [0.25, 0.3) is 0 Å². The highest BCUT2D eigenvalue weighted by molar-refractivity contribution is 9.10. The van der Waals surface area contributed by atoms with Crippen LogP contribution in [0.15, 0.2) is 33.6 Å². The Morgan fingerprint density at radius 3 is 2.31 bits per heavy atom. The predicted octanol–water partition coefficient (Wildman–Crippen LogP) is 3.56. The maximum absolute atomic E-state index is 12.4. The molecule has 0 bridgehead atoms. The molecule has 2 rings (SSSR count). The Kier molecular flexibility index (Phi) is 3.70. The van der Waals surface area contributed by atoms with Gasteiger partial charge >= 0.3 is 0 Å². The summed E-state index contributed by atoms with van der Waals surface area (Å²) in [4.78, 5) is 0.446. The third-order valence-corrected chi connectivity index (χ3v) is 6.41. The van der Waals surface area contributed by atoms with Gasteiger partial charge in [-0.25, -0.2) is 8.42 Å². The van der Waals surface area contributed by atoms with Crippen molar-refractivity contribution in [3.05, 3.63) is 28.7 Å². The normalized spacial score (nSPS) is 18.6. The Morgan fingerprint density at radius 1 is 1.06 bits per heavy atom. The molecule has 0 unspecified atom stereocenters. The molecule has 0 aliphatic heterocycles. The second-order valence-electron chi connectivity index (χ2n) is 4.24. The fraction of sp³-hybridized carbons (Fsp3) is 0.500. The van der Waals surface area contributed by atoms with Gasteiger partial charge in [0.2, 0.25) is 0 Å². The lowest BCUT2D eigenvalue weighted by Crippen LogP contribution is -2.24. The SMILES string of the molecule is O=S(=O)(c1ccccc1Br)C1CCCCC1. The van der Waals surface area contributed by atoms with Gasteiger partial charge in [-0.2, -0.15) is 0 Å². The first-order chi connectivity index (χ1) is 7.62. The largest absolute Gasteiger partial charge is 0.223 e. The maximum atomic E-state index is 12.4. The minimum atomic E-state index is -3.14. The number of rotatable bonds is 2. The number of halogens is 1. The first-order valence-corrected chi connectivity index (χ1v) is 7.95. The van der Waals surface area contributed by atoms with Gasteiger partial charge in [0.1, 0.15) is 0 Å². The fourth-order valence-corrected chi connectivity index (χ4v) is 5.11. The number of benzene rings is 1. The summed E-state index contributed by atoms with van der Waals surface area (Å²) in [6.45, 7) is 0. The molecule has 1 aromatic carbocycles. The van der Waals surface area contributed by atoms with Crippen molar-refractivity contribution in [3.63, 3.8) is 0 Å². The van der Waals surface area contributed by atoms with E-state index in [9.17, 15) is 8.42 Å². The lowest BCUT2D eigenvalue weighted by atomic mass is 10.0. The van der Waals surface area contributed by atoms with Crippen LogP contribution in [0.25, 0.3) is 0 Å². The van der Waals surface area contributed by atoms with E-state index in [4.69, 9.17) is 0 Å². The molecule has 0 radical (unpaired) electrons. The van der Waals surface area contributed by atoms with Gasteiger partial charge in [-0.3, -0.25) is 0 Å². The molecule has 88 valence electrons. The molecule has 1 aliphatic rings. The number of hydrogen-bond acceptors (Lipinski definition) is 2. The molecule has 0 saturated heterocycles. The third kappa shape index (κ3) is 2.33. The summed E-state index contributed by atoms with van der Waals surface area (Å²) in [5, 5.41) is -0.181. The maximum Gasteiger partial charge on any atom is 0.182 e. The molecule has 1 saturated carbocycles. The van der Waals surface area contributed by atoms with Crippen LogP contribution in [-0.4, -0.2) is 13.7 Å². The van der Waals surface area contributed by atoms with E-state index >= 15 is 0 Å². The standard InChI is InChI=1S/C12H15BrO2S/c13-11-8-4-5-9-12(11)16(14,15)10-6-2-1-3-7-10/h4-5,8-10H,1-3,6-7H2. The van der Waals surface area contributed by atoms with Gasteiger partial charge in [-0.1, -0.05) is 31.4 Å². The highest BCUT2D eigenvalue weighted by Crippen LogP contribution is 2.31. The van der Waals surface area contributed by atoms with Crippen molar-refractivity contribution in [2.75, 3.05) is 0 Å². The zero-order valence-electron chi connectivity index (χ0n) is 9.02. The second kappa shape index (κ2) is 4.88. The van der Waals surface area contributed by atoms with E-state index in [1.807, 2.05) is 6.07 Å². The fourth-order valence-electron chi connectivity index (χ4n) is 2.23. The highest BCUT2D eigenvalue weighted by Gasteiger charge is 2.29. The van der Waals surface area contributed by atoms with Crippen LogP contribution in [0.2, 0.25) is 0 Å². The van der Waals surface area contributed by atoms with Crippen LogP contribution < -0.4 is 0 Å². The molecule has 1 aromatic rings. The van der Waals surface area contributed by atoms with Gasteiger partial charge in [0, 0.05) is 4.47 Å². The van der Waals surface area contributed by atoms with Crippen LogP contribution >= 0.6 is 15.9 Å². The summed E-state index contributed by atoms with van der Waals surface area (Å²) in [6, 6.07) is 7.09. The van der Waals surface area contributed by atoms with E-state index in [-0.39, 0.29) is 5.25 Å². The van der Waals surface area contributed by atoms with E-state index in [0.717, 1.165) is 25.7 Å². The number of sulfone groups is 1.